The van der Waals surface area contributed by atoms with Gasteiger partial charge in [-0.15, -0.1) is 0 Å². The Morgan fingerprint density at radius 3 is 2.39 bits per heavy atom. The van der Waals surface area contributed by atoms with Crippen molar-refractivity contribution in [3.8, 4) is 0 Å². The van der Waals surface area contributed by atoms with Gasteiger partial charge in [-0.25, -0.2) is 17.9 Å². The van der Waals surface area contributed by atoms with E-state index in [0.717, 1.165) is 17.0 Å². The highest BCUT2D eigenvalue weighted by atomic mass is 32.2. The van der Waals surface area contributed by atoms with Gasteiger partial charge in [0.25, 0.3) is 5.69 Å². The second-order valence-electron chi connectivity index (χ2n) is 5.73. The van der Waals surface area contributed by atoms with E-state index >= 15 is 0 Å². The lowest BCUT2D eigenvalue weighted by atomic mass is 10.1. The molecule has 0 radical (unpaired) electrons. The summed E-state index contributed by atoms with van der Waals surface area (Å²) in [6.07, 6.45) is -1.18. The van der Waals surface area contributed by atoms with Crippen LogP contribution in [0.5, 0.6) is 0 Å². The van der Waals surface area contributed by atoms with Gasteiger partial charge in [-0.1, -0.05) is 12.1 Å². The highest BCUT2D eigenvalue weighted by Crippen LogP contribution is 2.22. The smallest absolute Gasteiger partial charge is 0.407 e. The van der Waals surface area contributed by atoms with Gasteiger partial charge in [-0.3, -0.25) is 10.1 Å². The summed E-state index contributed by atoms with van der Waals surface area (Å²) in [7, 11) is -4.11. The molecule has 0 aliphatic rings. The first-order valence-corrected chi connectivity index (χ1v) is 8.19. The molecular formula is C13H19N3O6S. The van der Waals surface area contributed by atoms with Crippen molar-refractivity contribution in [3.05, 3.63) is 34.4 Å². The summed E-state index contributed by atoms with van der Waals surface area (Å²) in [5, 5.41) is 20.0. The van der Waals surface area contributed by atoms with E-state index in [1.54, 1.807) is 20.8 Å². The molecule has 1 rings (SSSR count). The summed E-state index contributed by atoms with van der Waals surface area (Å²) >= 11 is 0. The number of rotatable bonds is 6. The van der Waals surface area contributed by atoms with Crippen LogP contribution < -0.4 is 4.72 Å². The lowest BCUT2D eigenvalue weighted by Gasteiger charge is -2.33. The largest absolute Gasteiger partial charge is 0.465 e. The van der Waals surface area contributed by atoms with Crippen molar-refractivity contribution in [1.82, 2.24) is 9.62 Å². The molecule has 1 amide bonds. The maximum absolute atomic E-state index is 12.2. The first-order valence-electron chi connectivity index (χ1n) is 6.70. The third kappa shape index (κ3) is 4.89. The zero-order valence-electron chi connectivity index (χ0n) is 13.0. The molecule has 0 heterocycles. The molecule has 0 unspecified atom stereocenters. The summed E-state index contributed by atoms with van der Waals surface area (Å²) in [6.45, 7) is 4.75. The molecule has 128 valence electrons. The molecule has 0 bridgehead atoms. The number of nitro benzene ring substituents is 1. The first-order chi connectivity index (χ1) is 10.5. The van der Waals surface area contributed by atoms with Gasteiger partial charge in [0, 0.05) is 24.7 Å². The fraction of sp³-hybridized carbons (Fsp3) is 0.462. The number of para-hydroxylation sites is 1. The topological polar surface area (TPSA) is 130 Å². The van der Waals surface area contributed by atoms with E-state index in [1.807, 2.05) is 0 Å². The summed E-state index contributed by atoms with van der Waals surface area (Å²) in [5.74, 6) is 0. The molecule has 0 spiro atoms. The van der Waals surface area contributed by atoms with Crippen LogP contribution in [-0.4, -0.2) is 48.1 Å². The molecule has 0 aliphatic carbocycles. The zero-order chi connectivity index (χ0) is 17.8. The summed E-state index contributed by atoms with van der Waals surface area (Å²) in [5.41, 5.74) is -1.23. The van der Waals surface area contributed by atoms with Crippen molar-refractivity contribution in [1.29, 1.82) is 0 Å². The number of nitro groups is 1. The molecule has 23 heavy (non-hydrogen) atoms. The number of benzene rings is 1. The summed E-state index contributed by atoms with van der Waals surface area (Å²) in [6, 6.07) is 4.95. The highest BCUT2D eigenvalue weighted by molar-refractivity contribution is 7.89. The molecule has 0 saturated heterocycles. The Labute approximate surface area is 134 Å². The van der Waals surface area contributed by atoms with Crippen molar-refractivity contribution in [3.63, 3.8) is 0 Å². The predicted molar refractivity (Wildman–Crippen MR) is 82.8 cm³/mol. The zero-order valence-corrected chi connectivity index (χ0v) is 13.8. The molecule has 2 N–H and O–H groups in total. The van der Waals surface area contributed by atoms with Gasteiger partial charge >= 0.3 is 6.09 Å². The van der Waals surface area contributed by atoms with Crippen LogP contribution in [0, 0.1) is 10.1 Å². The Kier molecular flexibility index (Phi) is 5.67. The maximum atomic E-state index is 12.2. The number of hydrogen-bond acceptors (Lipinski definition) is 5. The predicted octanol–water partition coefficient (Wildman–Crippen LogP) is 1.65. The Hall–Kier alpha value is -2.20. The minimum absolute atomic E-state index is 0.0846. The average molecular weight is 345 g/mol. The third-order valence-corrected chi connectivity index (χ3v) is 4.53. The van der Waals surface area contributed by atoms with Crippen LogP contribution in [0.25, 0.3) is 0 Å². The number of nitrogens with zero attached hydrogens (tertiary/aromatic N) is 2. The van der Waals surface area contributed by atoms with E-state index < -0.39 is 37.2 Å². The van der Waals surface area contributed by atoms with Crippen LogP contribution >= 0.6 is 0 Å². The van der Waals surface area contributed by atoms with E-state index in [4.69, 9.17) is 5.11 Å². The Bertz CT molecular complexity index is 696. The molecule has 0 aromatic heterocycles. The van der Waals surface area contributed by atoms with Gasteiger partial charge < -0.3 is 10.0 Å². The van der Waals surface area contributed by atoms with Crippen molar-refractivity contribution < 1.29 is 23.2 Å². The summed E-state index contributed by atoms with van der Waals surface area (Å²) < 4.78 is 26.5. The molecule has 0 saturated carbocycles. The van der Waals surface area contributed by atoms with Crippen molar-refractivity contribution >= 4 is 21.8 Å². The monoisotopic (exact) mass is 345 g/mol. The van der Waals surface area contributed by atoms with Crippen LogP contribution in [0.1, 0.15) is 20.8 Å². The van der Waals surface area contributed by atoms with Gasteiger partial charge in [-0.2, -0.15) is 0 Å². The Morgan fingerprint density at radius 2 is 1.91 bits per heavy atom. The Morgan fingerprint density at radius 1 is 1.35 bits per heavy atom. The standard InChI is InChI=1S/C13H19N3O6S/c1-13(2,3)15(12(17)18)9-8-14-23(21,22)11-7-5-4-6-10(11)16(19)20/h4-7,14H,8-9H2,1-3H3,(H,17,18). The van der Waals surface area contributed by atoms with Gasteiger partial charge in [-0.05, 0) is 26.8 Å². The number of amides is 1. The summed E-state index contributed by atoms with van der Waals surface area (Å²) in [4.78, 5) is 21.9. The fourth-order valence-corrected chi connectivity index (χ4v) is 3.11. The van der Waals surface area contributed by atoms with Crippen molar-refractivity contribution in [2.24, 2.45) is 0 Å². The highest BCUT2D eigenvalue weighted by Gasteiger charge is 2.28. The molecular weight excluding hydrogens is 326 g/mol. The van der Waals surface area contributed by atoms with E-state index in [9.17, 15) is 23.3 Å². The van der Waals surface area contributed by atoms with Crippen LogP contribution in [-0.2, 0) is 10.0 Å². The van der Waals surface area contributed by atoms with E-state index in [1.165, 1.54) is 12.1 Å². The van der Waals surface area contributed by atoms with Gasteiger partial charge in [0.05, 0.1) is 4.92 Å². The Balaban J connectivity index is 2.89. The minimum atomic E-state index is -4.11. The quantitative estimate of drug-likeness (QED) is 0.595. The minimum Gasteiger partial charge on any atom is -0.465 e. The molecule has 0 aliphatic heterocycles. The van der Waals surface area contributed by atoms with Crippen LogP contribution in [0.4, 0.5) is 10.5 Å². The lowest BCUT2D eigenvalue weighted by molar-refractivity contribution is -0.387. The number of sulfonamides is 1. The van der Waals surface area contributed by atoms with Crippen LogP contribution in [0.2, 0.25) is 0 Å². The van der Waals surface area contributed by atoms with Gasteiger partial charge in [0.2, 0.25) is 10.0 Å². The second-order valence-corrected chi connectivity index (χ2v) is 7.46. The third-order valence-electron chi connectivity index (χ3n) is 3.02. The van der Waals surface area contributed by atoms with Crippen LogP contribution in [0.15, 0.2) is 29.2 Å². The number of nitrogens with one attached hydrogen (secondary N) is 1. The van der Waals surface area contributed by atoms with Gasteiger partial charge in [0.15, 0.2) is 4.90 Å². The van der Waals surface area contributed by atoms with E-state index in [-0.39, 0.29) is 13.1 Å². The maximum Gasteiger partial charge on any atom is 0.407 e. The molecule has 0 atom stereocenters. The number of hydrogen-bond donors (Lipinski definition) is 2. The number of carboxylic acid groups (broad SMARTS) is 1. The van der Waals surface area contributed by atoms with Gasteiger partial charge in [0.1, 0.15) is 0 Å². The molecule has 1 aromatic rings. The molecule has 10 heteroatoms. The molecule has 0 fully saturated rings. The molecule has 1 aromatic carbocycles. The fourth-order valence-electron chi connectivity index (χ4n) is 1.92. The SMILES string of the molecule is CC(C)(C)N(CCNS(=O)(=O)c1ccccc1[N+](=O)[O-])C(=O)O. The average Bonchev–Trinajstić information content (AvgIpc) is 2.41. The number of carbonyl (C=O) groups is 1. The molecule has 9 nitrogen and oxygen atoms in total. The van der Waals surface area contributed by atoms with E-state index in [2.05, 4.69) is 4.72 Å². The normalized spacial score (nSPS) is 12.0. The first kappa shape index (κ1) is 18.8. The van der Waals surface area contributed by atoms with Crippen molar-refractivity contribution in [2.75, 3.05) is 13.1 Å². The second kappa shape index (κ2) is 6.92. The van der Waals surface area contributed by atoms with E-state index in [0.29, 0.717) is 0 Å². The lowest BCUT2D eigenvalue weighted by Crippen LogP contribution is -2.48. The van der Waals surface area contributed by atoms with Crippen LogP contribution in [0.3, 0.4) is 0 Å². The van der Waals surface area contributed by atoms with Crippen molar-refractivity contribution in [2.45, 2.75) is 31.2 Å².